The molecule has 18 heavy (non-hydrogen) atoms. The van der Waals surface area contributed by atoms with Crippen LogP contribution in [0.25, 0.3) is 11.2 Å². The Morgan fingerprint density at radius 3 is 3.06 bits per heavy atom. The lowest BCUT2D eigenvalue weighted by Gasteiger charge is -2.23. The number of pyridine rings is 1. The van der Waals surface area contributed by atoms with Crippen LogP contribution in [0.5, 0.6) is 0 Å². The van der Waals surface area contributed by atoms with E-state index in [1.54, 1.807) is 12.4 Å². The molecule has 1 saturated heterocycles. The van der Waals surface area contributed by atoms with Crippen molar-refractivity contribution in [2.45, 2.75) is 24.5 Å². The smallest absolute Gasteiger partial charge is 0.180 e. The van der Waals surface area contributed by atoms with Gasteiger partial charge < -0.3 is 5.32 Å². The van der Waals surface area contributed by atoms with Crippen LogP contribution in [0.1, 0.15) is 19.8 Å². The average Bonchev–Trinajstić information content (AvgIpc) is 2.84. The summed E-state index contributed by atoms with van der Waals surface area (Å²) in [5, 5.41) is 3.42. The van der Waals surface area contributed by atoms with Gasteiger partial charge in [0, 0.05) is 23.7 Å². The largest absolute Gasteiger partial charge is 0.369 e. The summed E-state index contributed by atoms with van der Waals surface area (Å²) in [4.78, 5) is 12.9. The minimum absolute atomic E-state index is 0.346. The lowest BCUT2D eigenvalue weighted by Crippen LogP contribution is -2.27. The van der Waals surface area contributed by atoms with Crippen molar-refractivity contribution in [3.05, 3.63) is 24.5 Å². The molecule has 3 rings (SSSR count). The molecule has 0 spiro atoms. The van der Waals surface area contributed by atoms with Crippen LogP contribution in [0.2, 0.25) is 0 Å². The minimum Gasteiger partial charge on any atom is -0.369 e. The molecule has 94 valence electrons. The summed E-state index contributed by atoms with van der Waals surface area (Å²) in [6.45, 7) is 3.27. The maximum atomic E-state index is 4.47. The number of fused-ring (bicyclic) bond motifs is 1. The molecule has 1 aliphatic heterocycles. The van der Waals surface area contributed by atoms with E-state index in [1.165, 1.54) is 18.6 Å². The van der Waals surface area contributed by atoms with E-state index in [0.29, 0.717) is 10.4 Å². The molecule has 0 aromatic carbocycles. The zero-order valence-corrected chi connectivity index (χ0v) is 11.2. The maximum absolute atomic E-state index is 4.47. The van der Waals surface area contributed by atoms with Crippen molar-refractivity contribution in [1.29, 1.82) is 0 Å². The number of aromatic nitrogens is 3. The van der Waals surface area contributed by atoms with Gasteiger partial charge in [-0.3, -0.25) is 4.98 Å². The Kier molecular flexibility index (Phi) is 3.07. The van der Waals surface area contributed by atoms with Crippen LogP contribution in [0.15, 0.2) is 24.5 Å². The molecule has 0 aliphatic carbocycles. The second-order valence-corrected chi connectivity index (χ2v) is 6.53. The summed E-state index contributed by atoms with van der Waals surface area (Å²) in [6.07, 6.45) is 5.96. The van der Waals surface area contributed by atoms with Gasteiger partial charge in [0.05, 0.1) is 0 Å². The first kappa shape index (κ1) is 11.7. The first-order chi connectivity index (χ1) is 8.75. The normalized spacial score (nSPS) is 23.4. The lowest BCUT2D eigenvalue weighted by atomic mass is 10.1. The van der Waals surface area contributed by atoms with Gasteiger partial charge in [-0.1, -0.05) is 0 Å². The molecule has 0 amide bonds. The van der Waals surface area contributed by atoms with E-state index in [2.05, 4.69) is 27.2 Å². The standard InChI is InChI=1S/C13H16N4S/c1-13(5-2-8-18-13)9-16-11-4-3-10-12(17-11)15-7-6-14-10/h3-4,6-7H,2,5,8-9H2,1H3,(H,15,16,17). The van der Waals surface area contributed by atoms with Crippen LogP contribution in [0, 0.1) is 0 Å². The van der Waals surface area contributed by atoms with Gasteiger partial charge in [0.2, 0.25) is 0 Å². The van der Waals surface area contributed by atoms with E-state index in [9.17, 15) is 0 Å². The fraction of sp³-hybridized carbons (Fsp3) is 0.462. The summed E-state index contributed by atoms with van der Waals surface area (Å²) in [7, 11) is 0. The van der Waals surface area contributed by atoms with Crippen molar-refractivity contribution in [2.75, 3.05) is 17.6 Å². The highest BCUT2D eigenvalue weighted by molar-refractivity contribution is 8.00. The Morgan fingerprint density at radius 1 is 1.33 bits per heavy atom. The summed E-state index contributed by atoms with van der Waals surface area (Å²) in [5.41, 5.74) is 1.54. The van der Waals surface area contributed by atoms with E-state index < -0.39 is 0 Å². The Balaban J connectivity index is 1.74. The molecule has 1 aliphatic rings. The Labute approximate surface area is 111 Å². The molecule has 4 nitrogen and oxygen atoms in total. The predicted octanol–water partition coefficient (Wildman–Crippen LogP) is 2.72. The quantitative estimate of drug-likeness (QED) is 0.919. The molecule has 2 aromatic heterocycles. The first-order valence-electron chi connectivity index (χ1n) is 6.21. The molecular weight excluding hydrogens is 244 g/mol. The molecular formula is C13H16N4S. The highest BCUT2D eigenvalue weighted by Crippen LogP contribution is 2.37. The summed E-state index contributed by atoms with van der Waals surface area (Å²) in [5.74, 6) is 2.16. The Morgan fingerprint density at radius 2 is 2.22 bits per heavy atom. The van der Waals surface area contributed by atoms with E-state index in [0.717, 1.165) is 17.9 Å². The number of rotatable bonds is 3. The second kappa shape index (κ2) is 4.72. The van der Waals surface area contributed by atoms with Crippen LogP contribution in [-0.2, 0) is 0 Å². The molecule has 1 atom stereocenters. The van der Waals surface area contributed by atoms with Crippen molar-refractivity contribution in [1.82, 2.24) is 15.0 Å². The van der Waals surface area contributed by atoms with Crippen molar-refractivity contribution < 1.29 is 0 Å². The fourth-order valence-electron chi connectivity index (χ4n) is 2.21. The van der Waals surface area contributed by atoms with E-state index in [1.807, 2.05) is 23.9 Å². The molecule has 0 saturated carbocycles. The number of thioether (sulfide) groups is 1. The predicted molar refractivity (Wildman–Crippen MR) is 75.9 cm³/mol. The lowest BCUT2D eigenvalue weighted by molar-refractivity contribution is 0.634. The van der Waals surface area contributed by atoms with Gasteiger partial charge in [0.25, 0.3) is 0 Å². The fourth-order valence-corrected chi connectivity index (χ4v) is 3.45. The number of anilines is 1. The highest BCUT2D eigenvalue weighted by atomic mass is 32.2. The van der Waals surface area contributed by atoms with Gasteiger partial charge in [-0.15, -0.1) is 0 Å². The molecule has 0 bridgehead atoms. The Hall–Kier alpha value is -1.36. The molecule has 1 unspecified atom stereocenters. The number of nitrogens with one attached hydrogen (secondary N) is 1. The molecule has 1 N–H and O–H groups in total. The van der Waals surface area contributed by atoms with Crippen LogP contribution in [0.4, 0.5) is 5.82 Å². The number of nitrogens with zero attached hydrogens (tertiary/aromatic N) is 3. The minimum atomic E-state index is 0.346. The molecule has 1 fully saturated rings. The van der Waals surface area contributed by atoms with E-state index >= 15 is 0 Å². The van der Waals surface area contributed by atoms with Gasteiger partial charge in [-0.05, 0) is 37.7 Å². The topological polar surface area (TPSA) is 50.7 Å². The number of hydrogen-bond donors (Lipinski definition) is 1. The van der Waals surface area contributed by atoms with Gasteiger partial charge >= 0.3 is 0 Å². The van der Waals surface area contributed by atoms with E-state index in [-0.39, 0.29) is 0 Å². The van der Waals surface area contributed by atoms with Gasteiger partial charge in [0.15, 0.2) is 5.65 Å². The monoisotopic (exact) mass is 260 g/mol. The van der Waals surface area contributed by atoms with Crippen LogP contribution < -0.4 is 5.32 Å². The maximum Gasteiger partial charge on any atom is 0.180 e. The molecule has 5 heteroatoms. The average molecular weight is 260 g/mol. The molecule has 0 radical (unpaired) electrons. The third kappa shape index (κ3) is 2.41. The zero-order valence-electron chi connectivity index (χ0n) is 10.4. The highest BCUT2D eigenvalue weighted by Gasteiger charge is 2.29. The Bertz CT molecular complexity index is 551. The van der Waals surface area contributed by atoms with Gasteiger partial charge in [0.1, 0.15) is 11.3 Å². The van der Waals surface area contributed by atoms with Crippen LogP contribution in [0.3, 0.4) is 0 Å². The third-order valence-corrected chi connectivity index (χ3v) is 4.81. The van der Waals surface area contributed by atoms with Crippen molar-refractivity contribution in [3.8, 4) is 0 Å². The molecule has 2 aromatic rings. The van der Waals surface area contributed by atoms with E-state index in [4.69, 9.17) is 0 Å². The summed E-state index contributed by atoms with van der Waals surface area (Å²) >= 11 is 2.05. The van der Waals surface area contributed by atoms with Crippen molar-refractivity contribution in [2.24, 2.45) is 0 Å². The van der Waals surface area contributed by atoms with Crippen molar-refractivity contribution in [3.63, 3.8) is 0 Å². The second-order valence-electron chi connectivity index (χ2n) is 4.85. The summed E-state index contributed by atoms with van der Waals surface area (Å²) in [6, 6.07) is 3.93. The van der Waals surface area contributed by atoms with Gasteiger partial charge in [-0.25, -0.2) is 9.97 Å². The van der Waals surface area contributed by atoms with Crippen molar-refractivity contribution >= 4 is 28.7 Å². The SMILES string of the molecule is CC1(CNc2ccc3nccnc3n2)CCCS1. The number of hydrogen-bond acceptors (Lipinski definition) is 5. The van der Waals surface area contributed by atoms with Crippen LogP contribution >= 0.6 is 11.8 Å². The van der Waals surface area contributed by atoms with Crippen LogP contribution in [-0.4, -0.2) is 32.0 Å². The third-order valence-electron chi connectivity index (χ3n) is 3.28. The molecule has 3 heterocycles. The van der Waals surface area contributed by atoms with Gasteiger partial charge in [-0.2, -0.15) is 11.8 Å². The first-order valence-corrected chi connectivity index (χ1v) is 7.19. The summed E-state index contributed by atoms with van der Waals surface area (Å²) < 4.78 is 0.346. The zero-order chi connectivity index (χ0) is 12.4.